The van der Waals surface area contributed by atoms with Crippen LogP contribution in [-0.4, -0.2) is 20.4 Å². The van der Waals surface area contributed by atoms with Gasteiger partial charge in [-0.25, -0.2) is 13.4 Å². The van der Waals surface area contributed by atoms with E-state index in [0.717, 1.165) is 0 Å². The molecule has 2 N–H and O–H groups in total. The molecule has 19 heavy (non-hydrogen) atoms. The number of anilines is 2. The summed E-state index contributed by atoms with van der Waals surface area (Å²) in [6, 6.07) is 9.69. The zero-order valence-electron chi connectivity index (χ0n) is 10.1. The van der Waals surface area contributed by atoms with Crippen LogP contribution in [0.4, 0.5) is 11.5 Å². The van der Waals surface area contributed by atoms with E-state index in [1.807, 2.05) is 0 Å². The standard InChI is InChI=1S/C12H12ClN3O2S/c1-14-12-7-6-9(8-15-12)19(17,18)16-11-5-3-2-4-10(11)13/h2-8,16H,1H3,(H,14,15). The fourth-order valence-corrected chi connectivity index (χ4v) is 2.70. The normalized spacial score (nSPS) is 11.1. The Kier molecular flexibility index (Phi) is 3.92. The molecule has 5 nitrogen and oxygen atoms in total. The van der Waals surface area contributed by atoms with E-state index >= 15 is 0 Å². The lowest BCUT2D eigenvalue weighted by Crippen LogP contribution is -2.13. The molecule has 2 rings (SSSR count). The summed E-state index contributed by atoms with van der Waals surface area (Å²) in [5.74, 6) is 0.594. The van der Waals surface area contributed by atoms with Crippen molar-refractivity contribution in [1.29, 1.82) is 0 Å². The Labute approximate surface area is 116 Å². The van der Waals surface area contributed by atoms with Crippen LogP contribution in [0.2, 0.25) is 5.02 Å². The molecule has 0 spiro atoms. The maximum atomic E-state index is 12.1. The summed E-state index contributed by atoms with van der Waals surface area (Å²) in [7, 11) is -1.98. The van der Waals surface area contributed by atoms with Crippen molar-refractivity contribution < 1.29 is 8.42 Å². The number of sulfonamides is 1. The van der Waals surface area contributed by atoms with Gasteiger partial charge in [-0.15, -0.1) is 0 Å². The molecule has 7 heteroatoms. The highest BCUT2D eigenvalue weighted by molar-refractivity contribution is 7.92. The third kappa shape index (κ3) is 3.15. The Balaban J connectivity index is 2.30. The Morgan fingerprint density at radius 1 is 1.16 bits per heavy atom. The van der Waals surface area contributed by atoms with Gasteiger partial charge in [0.05, 0.1) is 10.7 Å². The van der Waals surface area contributed by atoms with E-state index in [0.29, 0.717) is 16.5 Å². The van der Waals surface area contributed by atoms with Gasteiger partial charge in [0.1, 0.15) is 10.7 Å². The second-order valence-corrected chi connectivity index (χ2v) is 5.80. The zero-order chi connectivity index (χ0) is 13.9. The van der Waals surface area contributed by atoms with Gasteiger partial charge in [-0.05, 0) is 24.3 Å². The van der Waals surface area contributed by atoms with Crippen molar-refractivity contribution in [3.63, 3.8) is 0 Å². The van der Waals surface area contributed by atoms with Gasteiger partial charge in [0.2, 0.25) is 0 Å². The molecule has 1 aromatic heterocycles. The minimum Gasteiger partial charge on any atom is -0.373 e. The number of aromatic nitrogens is 1. The lowest BCUT2D eigenvalue weighted by atomic mass is 10.3. The number of hydrogen-bond acceptors (Lipinski definition) is 4. The fourth-order valence-electron chi connectivity index (χ4n) is 1.43. The van der Waals surface area contributed by atoms with Crippen molar-refractivity contribution in [3.8, 4) is 0 Å². The molecule has 0 amide bonds. The molecule has 0 fully saturated rings. The van der Waals surface area contributed by atoms with E-state index < -0.39 is 10.0 Å². The summed E-state index contributed by atoms with van der Waals surface area (Å²) in [6.07, 6.45) is 1.28. The molecule has 0 saturated heterocycles. The van der Waals surface area contributed by atoms with Crippen LogP contribution in [-0.2, 0) is 10.0 Å². The molecular weight excluding hydrogens is 286 g/mol. The molecule has 0 aliphatic carbocycles. The van der Waals surface area contributed by atoms with E-state index in [-0.39, 0.29) is 4.90 Å². The lowest BCUT2D eigenvalue weighted by Gasteiger charge is -2.09. The second kappa shape index (κ2) is 5.46. The largest absolute Gasteiger partial charge is 0.373 e. The third-order valence-electron chi connectivity index (χ3n) is 2.42. The average molecular weight is 298 g/mol. The van der Waals surface area contributed by atoms with Gasteiger partial charge in [0.15, 0.2) is 0 Å². The van der Waals surface area contributed by atoms with Crippen molar-refractivity contribution >= 4 is 33.1 Å². The summed E-state index contributed by atoms with van der Waals surface area (Å²) in [5, 5.41) is 3.16. The summed E-state index contributed by atoms with van der Waals surface area (Å²) in [4.78, 5) is 4.04. The number of pyridine rings is 1. The van der Waals surface area contributed by atoms with E-state index in [1.165, 1.54) is 12.3 Å². The predicted molar refractivity (Wildman–Crippen MR) is 76.0 cm³/mol. The van der Waals surface area contributed by atoms with Crippen LogP contribution in [0.25, 0.3) is 0 Å². The van der Waals surface area contributed by atoms with Gasteiger partial charge in [0, 0.05) is 13.2 Å². The van der Waals surface area contributed by atoms with Crippen LogP contribution in [0.5, 0.6) is 0 Å². The molecule has 0 aliphatic rings. The molecule has 0 atom stereocenters. The minimum atomic E-state index is -3.69. The Morgan fingerprint density at radius 2 is 1.89 bits per heavy atom. The maximum Gasteiger partial charge on any atom is 0.263 e. The van der Waals surface area contributed by atoms with Gasteiger partial charge in [-0.1, -0.05) is 23.7 Å². The quantitative estimate of drug-likeness (QED) is 0.910. The van der Waals surface area contributed by atoms with Gasteiger partial charge in [-0.2, -0.15) is 0 Å². The van der Waals surface area contributed by atoms with Crippen LogP contribution < -0.4 is 10.0 Å². The Hall–Kier alpha value is -1.79. The predicted octanol–water partition coefficient (Wildman–Crippen LogP) is 2.58. The average Bonchev–Trinajstić information content (AvgIpc) is 2.41. The topological polar surface area (TPSA) is 71.1 Å². The first-order valence-electron chi connectivity index (χ1n) is 5.44. The van der Waals surface area contributed by atoms with Crippen molar-refractivity contribution in [3.05, 3.63) is 47.6 Å². The number of hydrogen-bond donors (Lipinski definition) is 2. The van der Waals surface area contributed by atoms with Crippen molar-refractivity contribution in [1.82, 2.24) is 4.98 Å². The maximum absolute atomic E-state index is 12.1. The second-order valence-electron chi connectivity index (χ2n) is 3.71. The van der Waals surface area contributed by atoms with Gasteiger partial charge >= 0.3 is 0 Å². The first-order valence-corrected chi connectivity index (χ1v) is 7.30. The Bertz CT molecular complexity index is 672. The Morgan fingerprint density at radius 3 is 2.47 bits per heavy atom. The number of nitrogens with one attached hydrogen (secondary N) is 2. The number of para-hydroxylation sites is 1. The molecule has 0 aliphatic heterocycles. The first-order chi connectivity index (χ1) is 9.03. The SMILES string of the molecule is CNc1ccc(S(=O)(=O)Nc2ccccc2Cl)cn1. The minimum absolute atomic E-state index is 0.0754. The van der Waals surface area contributed by atoms with E-state index in [1.54, 1.807) is 37.4 Å². The molecular formula is C12H12ClN3O2S. The van der Waals surface area contributed by atoms with Gasteiger partial charge < -0.3 is 5.32 Å². The number of nitrogens with zero attached hydrogens (tertiary/aromatic N) is 1. The molecule has 2 aromatic rings. The number of benzene rings is 1. The van der Waals surface area contributed by atoms with Crippen LogP contribution in [0.1, 0.15) is 0 Å². The third-order valence-corrected chi connectivity index (χ3v) is 4.10. The van der Waals surface area contributed by atoms with E-state index in [4.69, 9.17) is 11.6 Å². The zero-order valence-corrected chi connectivity index (χ0v) is 11.7. The lowest BCUT2D eigenvalue weighted by molar-refractivity contribution is 0.601. The molecule has 0 unspecified atom stereocenters. The smallest absolute Gasteiger partial charge is 0.263 e. The van der Waals surface area contributed by atoms with E-state index in [2.05, 4.69) is 15.0 Å². The summed E-state index contributed by atoms with van der Waals surface area (Å²) in [6.45, 7) is 0. The highest BCUT2D eigenvalue weighted by atomic mass is 35.5. The summed E-state index contributed by atoms with van der Waals surface area (Å²) < 4.78 is 26.7. The van der Waals surface area contributed by atoms with Crippen LogP contribution in [0.3, 0.4) is 0 Å². The summed E-state index contributed by atoms with van der Waals surface area (Å²) in [5.41, 5.74) is 0.335. The van der Waals surface area contributed by atoms with Crippen LogP contribution >= 0.6 is 11.6 Å². The van der Waals surface area contributed by atoms with Crippen LogP contribution in [0.15, 0.2) is 47.5 Å². The van der Waals surface area contributed by atoms with Crippen LogP contribution in [0, 0.1) is 0 Å². The van der Waals surface area contributed by atoms with Gasteiger partial charge in [-0.3, -0.25) is 4.72 Å². The summed E-state index contributed by atoms with van der Waals surface area (Å²) >= 11 is 5.91. The number of rotatable bonds is 4. The fraction of sp³-hybridized carbons (Fsp3) is 0.0833. The highest BCUT2D eigenvalue weighted by Gasteiger charge is 2.15. The molecule has 0 saturated carbocycles. The van der Waals surface area contributed by atoms with Gasteiger partial charge in [0.25, 0.3) is 10.0 Å². The highest BCUT2D eigenvalue weighted by Crippen LogP contribution is 2.23. The molecule has 1 aromatic carbocycles. The van der Waals surface area contributed by atoms with Crippen molar-refractivity contribution in [2.24, 2.45) is 0 Å². The van der Waals surface area contributed by atoms with Crippen molar-refractivity contribution in [2.45, 2.75) is 4.90 Å². The van der Waals surface area contributed by atoms with Crippen molar-refractivity contribution in [2.75, 3.05) is 17.1 Å². The molecule has 0 bridgehead atoms. The first kappa shape index (κ1) is 13.6. The molecule has 1 heterocycles. The molecule has 100 valence electrons. The van der Waals surface area contributed by atoms with E-state index in [9.17, 15) is 8.42 Å². The monoisotopic (exact) mass is 297 g/mol. The molecule has 0 radical (unpaired) electrons. The number of halogens is 1.